The Kier molecular flexibility index (Phi) is 6.73. The molecular weight excluding hydrogens is 308 g/mol. The number of hydrogen-bond donors (Lipinski definition) is 1. The lowest BCUT2D eigenvalue weighted by atomic mass is 10.2. The Balaban J connectivity index is 0.00000242. The van der Waals surface area contributed by atoms with E-state index in [2.05, 4.69) is 29.2 Å². The maximum atomic E-state index is 12.2. The predicted molar refractivity (Wildman–Crippen MR) is 86.1 cm³/mol. The molecule has 1 fully saturated rings. The minimum atomic E-state index is -0.475. The van der Waals surface area contributed by atoms with Crippen LogP contribution in [0.25, 0.3) is 0 Å². The lowest BCUT2D eigenvalue weighted by Crippen LogP contribution is -2.38. The molecule has 0 aromatic heterocycles. The third-order valence-corrected chi connectivity index (χ3v) is 3.67. The number of hydrazine groups is 1. The maximum Gasteiger partial charge on any atom is 0.269 e. The van der Waals surface area contributed by atoms with E-state index in [9.17, 15) is 14.9 Å². The van der Waals surface area contributed by atoms with Crippen LogP contribution in [0.1, 0.15) is 24.2 Å². The van der Waals surface area contributed by atoms with Gasteiger partial charge in [-0.05, 0) is 12.1 Å². The summed E-state index contributed by atoms with van der Waals surface area (Å²) in [5, 5.41) is 18.0. The molecule has 1 amide bonds. The van der Waals surface area contributed by atoms with E-state index >= 15 is 0 Å². The summed E-state index contributed by atoms with van der Waals surface area (Å²) in [5.74, 6) is -0.191. The van der Waals surface area contributed by atoms with Gasteiger partial charge in [-0.25, -0.2) is 10.0 Å². The van der Waals surface area contributed by atoms with E-state index in [0.717, 1.165) is 26.2 Å². The lowest BCUT2D eigenvalue weighted by molar-refractivity contribution is -0.384. The molecule has 2 rings (SSSR count). The van der Waals surface area contributed by atoms with Crippen molar-refractivity contribution in [2.75, 3.05) is 26.2 Å². The van der Waals surface area contributed by atoms with Gasteiger partial charge in [-0.3, -0.25) is 14.9 Å². The summed E-state index contributed by atoms with van der Waals surface area (Å²) in [6, 6.07) is 5.74. The normalized spacial score (nSPS) is 16.3. The van der Waals surface area contributed by atoms with Gasteiger partial charge in [0.15, 0.2) is 0 Å². The minimum absolute atomic E-state index is 0. The summed E-state index contributed by atoms with van der Waals surface area (Å²) in [7, 11) is 0. The Labute approximate surface area is 135 Å². The van der Waals surface area contributed by atoms with E-state index in [4.69, 9.17) is 0 Å². The Morgan fingerprint density at radius 1 is 1.23 bits per heavy atom. The van der Waals surface area contributed by atoms with Crippen LogP contribution in [0.15, 0.2) is 24.3 Å². The predicted octanol–water partition coefficient (Wildman–Crippen LogP) is 1.69. The Morgan fingerprint density at radius 3 is 2.14 bits per heavy atom. The molecule has 1 heterocycles. The first-order valence-corrected chi connectivity index (χ1v) is 7.10. The van der Waals surface area contributed by atoms with Crippen molar-refractivity contribution in [3.63, 3.8) is 0 Å². The summed E-state index contributed by atoms with van der Waals surface area (Å²) in [6.07, 6.45) is 0. The highest BCUT2D eigenvalue weighted by molar-refractivity contribution is 5.94. The van der Waals surface area contributed by atoms with Crippen LogP contribution >= 0.6 is 12.4 Å². The number of amides is 1. The van der Waals surface area contributed by atoms with Crippen molar-refractivity contribution in [3.8, 4) is 0 Å². The van der Waals surface area contributed by atoms with E-state index in [0.29, 0.717) is 5.56 Å². The molecule has 0 unspecified atom stereocenters. The van der Waals surface area contributed by atoms with Crippen LogP contribution in [0, 0.1) is 10.1 Å². The molecule has 1 aliphatic heterocycles. The number of non-ortho nitro benzene ring substituents is 1. The fourth-order valence-corrected chi connectivity index (χ4v) is 2.55. The molecule has 1 aliphatic rings. The molecule has 1 saturated heterocycles. The number of nitro benzene ring substituents is 1. The van der Waals surface area contributed by atoms with Crippen molar-refractivity contribution < 1.29 is 9.72 Å². The van der Waals surface area contributed by atoms with Crippen LogP contribution in [0.4, 0.5) is 5.69 Å². The second kappa shape index (κ2) is 8.07. The van der Waals surface area contributed by atoms with Gasteiger partial charge in [-0.1, -0.05) is 13.8 Å². The van der Waals surface area contributed by atoms with E-state index in [1.807, 2.05) is 0 Å². The number of carbonyl (C=O) groups is 1. The number of nitro groups is 1. The average molecular weight is 329 g/mol. The summed E-state index contributed by atoms with van der Waals surface area (Å²) >= 11 is 0. The second-order valence-electron chi connectivity index (χ2n) is 4.98. The third-order valence-electron chi connectivity index (χ3n) is 3.67. The molecule has 1 aromatic carbocycles. The van der Waals surface area contributed by atoms with Gasteiger partial charge >= 0.3 is 0 Å². The van der Waals surface area contributed by atoms with E-state index in [1.165, 1.54) is 24.3 Å². The van der Waals surface area contributed by atoms with Gasteiger partial charge in [-0.2, -0.15) is 0 Å². The molecule has 0 aliphatic carbocycles. The number of rotatable bonds is 5. The molecule has 122 valence electrons. The fraction of sp³-hybridized carbons (Fsp3) is 0.500. The van der Waals surface area contributed by atoms with Crippen molar-refractivity contribution in [2.24, 2.45) is 0 Å². The Morgan fingerprint density at radius 2 is 1.73 bits per heavy atom. The second-order valence-corrected chi connectivity index (χ2v) is 4.98. The van der Waals surface area contributed by atoms with Gasteiger partial charge in [0.1, 0.15) is 0 Å². The highest BCUT2D eigenvalue weighted by Gasteiger charge is 2.29. The number of carbonyl (C=O) groups excluding carboxylic acids is 1. The zero-order valence-electron chi connectivity index (χ0n) is 12.7. The molecular formula is C14H21ClN4O3. The van der Waals surface area contributed by atoms with E-state index in [-0.39, 0.29) is 30.0 Å². The van der Waals surface area contributed by atoms with Crippen molar-refractivity contribution >= 4 is 24.0 Å². The van der Waals surface area contributed by atoms with Crippen LogP contribution in [0.2, 0.25) is 0 Å². The highest BCUT2D eigenvalue weighted by Crippen LogP contribution is 2.14. The van der Waals surface area contributed by atoms with Gasteiger partial charge < -0.3 is 5.32 Å². The summed E-state index contributed by atoms with van der Waals surface area (Å²) < 4.78 is 0. The summed E-state index contributed by atoms with van der Waals surface area (Å²) in [6.45, 7) is 7.59. The summed E-state index contributed by atoms with van der Waals surface area (Å²) in [4.78, 5) is 22.3. The molecule has 7 nitrogen and oxygen atoms in total. The molecule has 1 aromatic rings. The first-order valence-electron chi connectivity index (χ1n) is 7.10. The molecule has 22 heavy (non-hydrogen) atoms. The Bertz CT molecular complexity index is 511. The first kappa shape index (κ1) is 18.3. The number of hydrogen-bond acceptors (Lipinski definition) is 5. The molecule has 0 spiro atoms. The first-order chi connectivity index (χ1) is 10.0. The van der Waals surface area contributed by atoms with Gasteiger partial charge in [0.25, 0.3) is 11.6 Å². The fourth-order valence-electron chi connectivity index (χ4n) is 2.55. The van der Waals surface area contributed by atoms with Crippen molar-refractivity contribution in [1.29, 1.82) is 0 Å². The number of nitrogens with zero attached hydrogens (tertiary/aromatic N) is 3. The van der Waals surface area contributed by atoms with Gasteiger partial charge in [0, 0.05) is 43.9 Å². The average Bonchev–Trinajstić information content (AvgIpc) is 2.89. The smallest absolute Gasteiger partial charge is 0.269 e. The number of likely N-dealkylation sites (N-methyl/N-ethyl adjacent to an activating group) is 2. The molecule has 0 bridgehead atoms. The van der Waals surface area contributed by atoms with Crippen LogP contribution in [-0.2, 0) is 0 Å². The zero-order valence-corrected chi connectivity index (χ0v) is 13.5. The maximum absolute atomic E-state index is 12.2. The topological polar surface area (TPSA) is 78.7 Å². The van der Waals surface area contributed by atoms with Gasteiger partial charge in [0.2, 0.25) is 0 Å². The SMILES string of the molecule is CCN1CC(NC(=O)c2ccc([N+](=O)[O-])cc2)CN1CC.Cl. The van der Waals surface area contributed by atoms with Crippen LogP contribution in [0.3, 0.4) is 0 Å². The quantitative estimate of drug-likeness (QED) is 0.657. The number of halogens is 1. The van der Waals surface area contributed by atoms with E-state index < -0.39 is 4.92 Å². The van der Waals surface area contributed by atoms with Crippen LogP contribution in [0.5, 0.6) is 0 Å². The van der Waals surface area contributed by atoms with Gasteiger partial charge in [-0.15, -0.1) is 12.4 Å². The van der Waals surface area contributed by atoms with Crippen LogP contribution in [-0.4, -0.2) is 53.1 Å². The van der Waals surface area contributed by atoms with Crippen molar-refractivity contribution in [2.45, 2.75) is 19.9 Å². The monoisotopic (exact) mass is 328 g/mol. The standard InChI is InChI=1S/C14H20N4O3.ClH/c1-3-16-9-12(10-17(16)4-2)15-14(19)11-5-7-13(8-6-11)18(20)21;/h5-8,12H,3-4,9-10H2,1-2H3,(H,15,19);1H. The van der Waals surface area contributed by atoms with Crippen molar-refractivity contribution in [3.05, 3.63) is 39.9 Å². The molecule has 0 saturated carbocycles. The number of nitrogens with one attached hydrogen (secondary N) is 1. The molecule has 0 radical (unpaired) electrons. The zero-order chi connectivity index (χ0) is 15.4. The largest absolute Gasteiger partial charge is 0.347 e. The van der Waals surface area contributed by atoms with Gasteiger partial charge in [0.05, 0.1) is 11.0 Å². The van der Waals surface area contributed by atoms with Crippen molar-refractivity contribution in [1.82, 2.24) is 15.3 Å². The number of benzene rings is 1. The molecule has 1 N–H and O–H groups in total. The van der Waals surface area contributed by atoms with E-state index in [1.54, 1.807) is 0 Å². The molecule has 0 atom stereocenters. The Hall–Kier alpha value is -1.70. The minimum Gasteiger partial charge on any atom is -0.347 e. The third kappa shape index (κ3) is 4.16. The molecule has 8 heteroatoms. The highest BCUT2D eigenvalue weighted by atomic mass is 35.5. The lowest BCUT2D eigenvalue weighted by Gasteiger charge is -2.24. The van der Waals surface area contributed by atoms with Crippen LogP contribution < -0.4 is 5.32 Å². The summed E-state index contributed by atoms with van der Waals surface area (Å²) in [5.41, 5.74) is 0.431.